The third-order valence-corrected chi connectivity index (χ3v) is 2.87. The van der Waals surface area contributed by atoms with Crippen LogP contribution in [0.25, 0.3) is 11.4 Å². The molecule has 0 aliphatic heterocycles. The Labute approximate surface area is 105 Å². The molecule has 0 spiro atoms. The van der Waals surface area contributed by atoms with Crippen LogP contribution in [0, 0.1) is 12.7 Å². The number of nitrogens with one attached hydrogen (secondary N) is 1. The highest BCUT2D eigenvalue weighted by Crippen LogP contribution is 2.21. The molecular weight excluding hydrogens is 233 g/mol. The number of aromatic nitrogens is 2. The van der Waals surface area contributed by atoms with Gasteiger partial charge in [0.25, 0.3) is 0 Å². The van der Waals surface area contributed by atoms with E-state index in [1.54, 1.807) is 6.07 Å². The molecule has 1 unspecified atom stereocenters. The molecule has 2 aromatic rings. The zero-order chi connectivity index (χ0) is 13.1. The van der Waals surface area contributed by atoms with E-state index < -0.39 is 0 Å². The number of rotatable bonds is 4. The van der Waals surface area contributed by atoms with Gasteiger partial charge in [0.2, 0.25) is 11.7 Å². The molecule has 18 heavy (non-hydrogen) atoms. The standard InChI is InChI=1S/C13H16FN3O/c1-8-6-10(14)4-5-11(8)13-16-12(18-17-13)7-9(2)15-3/h4-6,9,15H,7H2,1-3H3. The Balaban J connectivity index is 2.24. The van der Waals surface area contributed by atoms with Gasteiger partial charge >= 0.3 is 0 Å². The van der Waals surface area contributed by atoms with Crippen molar-refractivity contribution in [2.45, 2.75) is 26.3 Å². The normalized spacial score (nSPS) is 12.7. The van der Waals surface area contributed by atoms with Crippen LogP contribution in [0.4, 0.5) is 4.39 Å². The van der Waals surface area contributed by atoms with E-state index in [1.807, 2.05) is 20.9 Å². The molecule has 1 heterocycles. The molecule has 1 N–H and O–H groups in total. The Bertz CT molecular complexity index is 539. The van der Waals surface area contributed by atoms with Gasteiger partial charge in [-0.05, 0) is 44.7 Å². The van der Waals surface area contributed by atoms with Crippen molar-refractivity contribution < 1.29 is 8.91 Å². The molecule has 1 aromatic heterocycles. The Morgan fingerprint density at radius 1 is 1.44 bits per heavy atom. The molecule has 2 rings (SSSR count). The first-order valence-corrected chi connectivity index (χ1v) is 5.86. The van der Waals surface area contributed by atoms with E-state index in [1.165, 1.54) is 12.1 Å². The van der Waals surface area contributed by atoms with E-state index in [0.717, 1.165) is 11.1 Å². The van der Waals surface area contributed by atoms with E-state index in [9.17, 15) is 4.39 Å². The minimum Gasteiger partial charge on any atom is -0.339 e. The molecule has 0 aliphatic carbocycles. The first-order valence-electron chi connectivity index (χ1n) is 5.86. The van der Waals surface area contributed by atoms with Gasteiger partial charge in [0.1, 0.15) is 5.82 Å². The fourth-order valence-electron chi connectivity index (χ4n) is 1.69. The van der Waals surface area contributed by atoms with Gasteiger partial charge in [0.05, 0.1) is 0 Å². The molecule has 0 saturated heterocycles. The maximum absolute atomic E-state index is 13.0. The Morgan fingerprint density at radius 3 is 2.89 bits per heavy atom. The average molecular weight is 249 g/mol. The topological polar surface area (TPSA) is 51.0 Å². The van der Waals surface area contributed by atoms with Crippen molar-refractivity contribution in [3.8, 4) is 11.4 Å². The molecule has 1 atom stereocenters. The van der Waals surface area contributed by atoms with Gasteiger partial charge < -0.3 is 9.84 Å². The summed E-state index contributed by atoms with van der Waals surface area (Å²) < 4.78 is 18.2. The Morgan fingerprint density at radius 2 is 2.22 bits per heavy atom. The minimum atomic E-state index is -0.260. The highest BCUT2D eigenvalue weighted by molar-refractivity contribution is 5.59. The highest BCUT2D eigenvalue weighted by Gasteiger charge is 2.12. The number of nitrogens with zero attached hydrogens (tertiary/aromatic N) is 2. The van der Waals surface area contributed by atoms with Crippen molar-refractivity contribution >= 4 is 0 Å². The lowest BCUT2D eigenvalue weighted by atomic mass is 10.1. The van der Waals surface area contributed by atoms with Crippen molar-refractivity contribution in [2.75, 3.05) is 7.05 Å². The van der Waals surface area contributed by atoms with Crippen molar-refractivity contribution in [3.63, 3.8) is 0 Å². The van der Waals surface area contributed by atoms with Crippen LogP contribution in [-0.2, 0) is 6.42 Å². The summed E-state index contributed by atoms with van der Waals surface area (Å²) >= 11 is 0. The second-order valence-corrected chi connectivity index (χ2v) is 4.36. The molecule has 5 heteroatoms. The van der Waals surface area contributed by atoms with E-state index in [2.05, 4.69) is 15.5 Å². The zero-order valence-corrected chi connectivity index (χ0v) is 10.7. The summed E-state index contributed by atoms with van der Waals surface area (Å²) in [5.41, 5.74) is 1.59. The third kappa shape index (κ3) is 2.73. The molecule has 4 nitrogen and oxygen atoms in total. The Kier molecular flexibility index (Phi) is 3.72. The maximum Gasteiger partial charge on any atom is 0.228 e. The molecule has 1 aromatic carbocycles. The van der Waals surface area contributed by atoms with Crippen LogP contribution in [-0.4, -0.2) is 23.2 Å². The van der Waals surface area contributed by atoms with Gasteiger partial charge in [0, 0.05) is 18.0 Å². The predicted molar refractivity (Wildman–Crippen MR) is 66.7 cm³/mol. The van der Waals surface area contributed by atoms with Crippen molar-refractivity contribution in [2.24, 2.45) is 0 Å². The third-order valence-electron chi connectivity index (χ3n) is 2.87. The molecular formula is C13H16FN3O. The molecule has 0 bridgehead atoms. The molecule has 0 aliphatic rings. The summed E-state index contributed by atoms with van der Waals surface area (Å²) in [5.74, 6) is 0.824. The molecule has 0 amide bonds. The van der Waals surface area contributed by atoms with Crippen molar-refractivity contribution in [3.05, 3.63) is 35.5 Å². The fourth-order valence-corrected chi connectivity index (χ4v) is 1.69. The second kappa shape index (κ2) is 5.27. The number of halogens is 1. The van der Waals surface area contributed by atoms with Crippen LogP contribution < -0.4 is 5.32 Å². The fraction of sp³-hybridized carbons (Fsp3) is 0.385. The van der Waals surface area contributed by atoms with Crippen LogP contribution >= 0.6 is 0 Å². The second-order valence-electron chi connectivity index (χ2n) is 4.36. The van der Waals surface area contributed by atoms with Gasteiger partial charge in [0.15, 0.2) is 0 Å². The number of benzene rings is 1. The molecule has 0 fully saturated rings. The van der Waals surface area contributed by atoms with E-state index in [0.29, 0.717) is 18.1 Å². The summed E-state index contributed by atoms with van der Waals surface area (Å²) in [6.07, 6.45) is 0.670. The van der Waals surface area contributed by atoms with Gasteiger partial charge in [-0.3, -0.25) is 0 Å². The van der Waals surface area contributed by atoms with Crippen LogP contribution in [0.5, 0.6) is 0 Å². The quantitative estimate of drug-likeness (QED) is 0.903. The van der Waals surface area contributed by atoms with Crippen LogP contribution in [0.15, 0.2) is 22.7 Å². The van der Waals surface area contributed by atoms with Crippen LogP contribution in [0.1, 0.15) is 18.4 Å². The summed E-state index contributed by atoms with van der Waals surface area (Å²) in [4.78, 5) is 4.32. The first kappa shape index (κ1) is 12.7. The van der Waals surface area contributed by atoms with Crippen LogP contribution in [0.2, 0.25) is 0 Å². The lowest BCUT2D eigenvalue weighted by molar-refractivity contribution is 0.365. The van der Waals surface area contributed by atoms with Gasteiger partial charge in [-0.2, -0.15) is 4.98 Å². The molecule has 96 valence electrons. The van der Waals surface area contributed by atoms with Gasteiger partial charge in [-0.1, -0.05) is 5.16 Å². The van der Waals surface area contributed by atoms with Crippen molar-refractivity contribution in [1.29, 1.82) is 0 Å². The summed E-state index contributed by atoms with van der Waals surface area (Å²) in [6, 6.07) is 4.80. The maximum atomic E-state index is 13.0. The van der Waals surface area contributed by atoms with Crippen LogP contribution in [0.3, 0.4) is 0 Å². The largest absolute Gasteiger partial charge is 0.339 e. The highest BCUT2D eigenvalue weighted by atomic mass is 19.1. The zero-order valence-electron chi connectivity index (χ0n) is 10.7. The summed E-state index contributed by atoms with van der Waals surface area (Å²) in [5, 5.41) is 7.03. The van der Waals surface area contributed by atoms with E-state index in [-0.39, 0.29) is 11.9 Å². The monoisotopic (exact) mass is 249 g/mol. The SMILES string of the molecule is CNC(C)Cc1nc(-c2ccc(F)cc2C)no1. The predicted octanol–water partition coefficient (Wildman–Crippen LogP) is 2.33. The average Bonchev–Trinajstić information content (AvgIpc) is 2.77. The first-order chi connectivity index (χ1) is 8.60. The number of aryl methyl sites for hydroxylation is 1. The molecule has 0 saturated carbocycles. The van der Waals surface area contributed by atoms with Gasteiger partial charge in [-0.15, -0.1) is 0 Å². The lowest BCUT2D eigenvalue weighted by Gasteiger charge is -2.04. The van der Waals surface area contributed by atoms with E-state index in [4.69, 9.17) is 4.52 Å². The van der Waals surface area contributed by atoms with E-state index >= 15 is 0 Å². The smallest absolute Gasteiger partial charge is 0.228 e. The van der Waals surface area contributed by atoms with Crippen molar-refractivity contribution in [1.82, 2.24) is 15.5 Å². The number of hydrogen-bond acceptors (Lipinski definition) is 4. The number of hydrogen-bond donors (Lipinski definition) is 1. The molecule has 0 radical (unpaired) electrons. The minimum absolute atomic E-state index is 0.260. The summed E-state index contributed by atoms with van der Waals surface area (Å²) in [6.45, 7) is 3.86. The summed E-state index contributed by atoms with van der Waals surface area (Å²) in [7, 11) is 1.88. The number of likely N-dealkylation sites (N-methyl/N-ethyl adjacent to an activating group) is 1. The lowest BCUT2D eigenvalue weighted by Crippen LogP contribution is -2.23. The Hall–Kier alpha value is -1.75. The van der Waals surface area contributed by atoms with Gasteiger partial charge in [-0.25, -0.2) is 4.39 Å².